The van der Waals surface area contributed by atoms with Crippen LogP contribution in [0.25, 0.3) is 0 Å². The Morgan fingerprint density at radius 2 is 1.96 bits per heavy atom. The largest absolute Gasteiger partial charge is 0.489 e. The molecule has 3 heteroatoms. The summed E-state index contributed by atoms with van der Waals surface area (Å²) in [7, 11) is 4.35. The van der Waals surface area contributed by atoms with Gasteiger partial charge in [0.1, 0.15) is 12.4 Å². The van der Waals surface area contributed by atoms with E-state index < -0.39 is 0 Å². The van der Waals surface area contributed by atoms with Gasteiger partial charge in [-0.05, 0) is 62.2 Å². The molecular weight excluding hydrogens is 306 g/mol. The van der Waals surface area contributed by atoms with Gasteiger partial charge in [-0.1, -0.05) is 42.8 Å². The summed E-state index contributed by atoms with van der Waals surface area (Å²) < 4.78 is 5.95. The molecule has 0 saturated carbocycles. The van der Waals surface area contributed by atoms with Crippen LogP contribution in [0, 0.1) is 0 Å². The van der Waals surface area contributed by atoms with Gasteiger partial charge < -0.3 is 9.64 Å². The first-order chi connectivity index (χ1) is 11.1. The van der Waals surface area contributed by atoms with Gasteiger partial charge in [-0.3, -0.25) is 0 Å². The number of likely N-dealkylation sites (N-methyl/N-ethyl adjacent to an activating group) is 1. The summed E-state index contributed by atoms with van der Waals surface area (Å²) in [6.45, 7) is 2.83. The Balaban J connectivity index is 1.73. The quantitative estimate of drug-likeness (QED) is 0.791. The van der Waals surface area contributed by atoms with Gasteiger partial charge in [0.05, 0.1) is 0 Å². The van der Waals surface area contributed by atoms with Crippen LogP contribution >= 0.6 is 11.6 Å². The highest BCUT2D eigenvalue weighted by molar-refractivity contribution is 6.31. The first kappa shape index (κ1) is 16.4. The molecule has 0 radical (unpaired) electrons. The van der Waals surface area contributed by atoms with Crippen LogP contribution < -0.4 is 4.74 Å². The number of rotatable bonds is 4. The van der Waals surface area contributed by atoms with Gasteiger partial charge in [-0.15, -0.1) is 0 Å². The molecule has 23 heavy (non-hydrogen) atoms. The van der Waals surface area contributed by atoms with Crippen molar-refractivity contribution in [3.63, 3.8) is 0 Å². The Morgan fingerprint density at radius 3 is 2.70 bits per heavy atom. The second-order valence-corrected chi connectivity index (χ2v) is 7.01. The summed E-state index contributed by atoms with van der Waals surface area (Å²) in [5.41, 5.74) is 3.90. The van der Waals surface area contributed by atoms with Crippen LogP contribution in [0.5, 0.6) is 5.75 Å². The van der Waals surface area contributed by atoms with Crippen molar-refractivity contribution in [2.24, 2.45) is 0 Å². The Bertz CT molecular complexity index is 683. The summed E-state index contributed by atoms with van der Waals surface area (Å²) in [6, 6.07) is 15.0. The molecule has 2 unspecified atom stereocenters. The number of hydrogen-bond donors (Lipinski definition) is 0. The molecule has 0 fully saturated rings. The number of halogens is 1. The molecule has 1 aliphatic carbocycles. The van der Waals surface area contributed by atoms with Gasteiger partial charge >= 0.3 is 0 Å². The molecule has 0 amide bonds. The zero-order chi connectivity index (χ0) is 16.4. The fourth-order valence-corrected chi connectivity index (χ4v) is 3.77. The third kappa shape index (κ3) is 3.54. The van der Waals surface area contributed by atoms with Gasteiger partial charge in [-0.25, -0.2) is 0 Å². The molecule has 0 spiro atoms. The molecule has 2 atom stereocenters. The summed E-state index contributed by atoms with van der Waals surface area (Å²) in [5.74, 6) is 1.49. The van der Waals surface area contributed by atoms with Gasteiger partial charge in [-0.2, -0.15) is 0 Å². The number of fused-ring (bicyclic) bond motifs is 1. The van der Waals surface area contributed by atoms with Crippen molar-refractivity contribution in [1.82, 2.24) is 4.90 Å². The van der Waals surface area contributed by atoms with Gasteiger partial charge in [0, 0.05) is 16.6 Å². The van der Waals surface area contributed by atoms with Crippen molar-refractivity contribution in [1.29, 1.82) is 0 Å². The second-order valence-electron chi connectivity index (χ2n) is 6.60. The minimum atomic E-state index is 0.508. The van der Waals surface area contributed by atoms with Crippen LogP contribution in [0.15, 0.2) is 42.5 Å². The van der Waals surface area contributed by atoms with Crippen LogP contribution in [0.4, 0.5) is 0 Å². The second kappa shape index (κ2) is 6.94. The van der Waals surface area contributed by atoms with Crippen LogP contribution in [0.1, 0.15) is 36.0 Å². The Hall–Kier alpha value is -1.51. The third-order valence-electron chi connectivity index (χ3n) is 4.91. The van der Waals surface area contributed by atoms with Gasteiger partial charge in [0.2, 0.25) is 0 Å². The first-order valence-electron chi connectivity index (χ1n) is 8.21. The maximum absolute atomic E-state index is 6.19. The lowest BCUT2D eigenvalue weighted by atomic mass is 9.80. The zero-order valence-electron chi connectivity index (χ0n) is 14.1. The highest BCUT2D eigenvalue weighted by Gasteiger charge is 2.27. The smallest absolute Gasteiger partial charge is 0.120 e. The maximum atomic E-state index is 6.19. The van der Waals surface area contributed by atoms with E-state index in [0.29, 0.717) is 18.6 Å². The van der Waals surface area contributed by atoms with E-state index in [2.05, 4.69) is 44.1 Å². The molecule has 0 aliphatic heterocycles. The molecule has 2 nitrogen and oxygen atoms in total. The maximum Gasteiger partial charge on any atom is 0.120 e. The van der Waals surface area contributed by atoms with Crippen LogP contribution in [0.2, 0.25) is 5.02 Å². The summed E-state index contributed by atoms with van der Waals surface area (Å²) >= 11 is 6.19. The van der Waals surface area contributed by atoms with Gasteiger partial charge in [0.25, 0.3) is 0 Å². The molecule has 0 saturated heterocycles. The molecule has 3 rings (SSSR count). The summed E-state index contributed by atoms with van der Waals surface area (Å²) in [4.78, 5) is 2.34. The highest BCUT2D eigenvalue weighted by Crippen LogP contribution is 2.35. The van der Waals surface area contributed by atoms with E-state index in [4.69, 9.17) is 16.3 Å². The highest BCUT2D eigenvalue weighted by atomic mass is 35.5. The van der Waals surface area contributed by atoms with E-state index in [-0.39, 0.29) is 0 Å². The molecule has 1 aliphatic rings. The van der Waals surface area contributed by atoms with Crippen molar-refractivity contribution < 1.29 is 4.74 Å². The lowest BCUT2D eigenvalue weighted by Crippen LogP contribution is -2.36. The van der Waals surface area contributed by atoms with E-state index in [0.717, 1.165) is 22.8 Å². The molecule has 0 N–H and O–H groups in total. The van der Waals surface area contributed by atoms with Crippen LogP contribution in [-0.2, 0) is 13.0 Å². The van der Waals surface area contributed by atoms with Crippen molar-refractivity contribution >= 4 is 11.6 Å². The zero-order valence-corrected chi connectivity index (χ0v) is 14.8. The Morgan fingerprint density at radius 1 is 1.17 bits per heavy atom. The van der Waals surface area contributed by atoms with E-state index in [9.17, 15) is 0 Å². The van der Waals surface area contributed by atoms with Crippen LogP contribution in [-0.4, -0.2) is 25.0 Å². The van der Waals surface area contributed by atoms with E-state index in [1.165, 1.54) is 17.5 Å². The molecule has 0 heterocycles. The molecule has 0 bridgehead atoms. The number of hydrogen-bond acceptors (Lipinski definition) is 2. The fraction of sp³-hybridized carbons (Fsp3) is 0.400. The third-order valence-corrected chi connectivity index (χ3v) is 5.28. The fourth-order valence-electron chi connectivity index (χ4n) is 3.58. The van der Waals surface area contributed by atoms with Crippen LogP contribution in [0.3, 0.4) is 0 Å². The lowest BCUT2D eigenvalue weighted by Gasteiger charge is -2.35. The summed E-state index contributed by atoms with van der Waals surface area (Å²) in [6.07, 6.45) is 2.32. The van der Waals surface area contributed by atoms with Crippen molar-refractivity contribution in [3.05, 3.63) is 64.2 Å². The van der Waals surface area contributed by atoms with Crippen molar-refractivity contribution in [2.45, 2.75) is 38.3 Å². The SMILES string of the molecule is CC1c2ccc(OCc3ccccc3Cl)cc2CCC1N(C)C. The Labute approximate surface area is 144 Å². The average Bonchev–Trinajstić information content (AvgIpc) is 2.54. The Kier molecular flexibility index (Phi) is 4.93. The number of ether oxygens (including phenoxy) is 1. The first-order valence-corrected chi connectivity index (χ1v) is 8.59. The average molecular weight is 330 g/mol. The molecule has 2 aromatic rings. The number of nitrogens with zero attached hydrogens (tertiary/aromatic N) is 1. The minimum absolute atomic E-state index is 0.508. The number of aryl methyl sites for hydroxylation is 1. The van der Waals surface area contributed by atoms with Gasteiger partial charge in [0.15, 0.2) is 0 Å². The minimum Gasteiger partial charge on any atom is -0.489 e. The lowest BCUT2D eigenvalue weighted by molar-refractivity contribution is 0.236. The molecule has 2 aromatic carbocycles. The molecule has 122 valence electrons. The van der Waals surface area contributed by atoms with E-state index >= 15 is 0 Å². The number of benzene rings is 2. The molecule has 0 aromatic heterocycles. The predicted molar refractivity (Wildman–Crippen MR) is 96.4 cm³/mol. The summed E-state index contributed by atoms with van der Waals surface area (Å²) in [5, 5.41) is 0.757. The van der Waals surface area contributed by atoms with E-state index in [1.54, 1.807) is 0 Å². The van der Waals surface area contributed by atoms with E-state index in [1.807, 2.05) is 24.3 Å². The normalized spacial score (nSPS) is 20.4. The van der Waals surface area contributed by atoms with Crippen molar-refractivity contribution in [2.75, 3.05) is 14.1 Å². The topological polar surface area (TPSA) is 12.5 Å². The standard InChI is InChI=1S/C20H24ClNO/c1-14-18-10-9-17(12-15(18)8-11-20(14)22(2)3)23-13-16-6-4-5-7-19(16)21/h4-7,9-10,12,14,20H,8,11,13H2,1-3H3. The van der Waals surface area contributed by atoms with Crippen molar-refractivity contribution in [3.8, 4) is 5.75 Å². The predicted octanol–water partition coefficient (Wildman–Crippen LogP) is 4.90. The molecular formula is C20H24ClNO. The monoisotopic (exact) mass is 329 g/mol.